The number of hydrogen-bond acceptors (Lipinski definition) is 3. The summed E-state index contributed by atoms with van der Waals surface area (Å²) in [5.74, 6) is -2.05. The third-order valence-corrected chi connectivity index (χ3v) is 3.46. The molecule has 0 atom stereocenters. The van der Waals surface area contributed by atoms with Crippen LogP contribution in [-0.4, -0.2) is 18.5 Å². The van der Waals surface area contributed by atoms with Gasteiger partial charge in [-0.3, -0.25) is 4.79 Å². The number of carbonyl (C=O) groups is 2. The van der Waals surface area contributed by atoms with Crippen LogP contribution in [0.15, 0.2) is 66.7 Å². The highest BCUT2D eigenvalue weighted by Gasteiger charge is 2.14. The van der Waals surface area contributed by atoms with E-state index in [1.54, 1.807) is 6.07 Å². The molecule has 0 radical (unpaired) electrons. The number of benzene rings is 3. The number of esters is 1. The zero-order valence-electron chi connectivity index (χ0n) is 12.7. The van der Waals surface area contributed by atoms with Gasteiger partial charge < -0.3 is 10.1 Å². The minimum absolute atomic E-state index is 0.198. The summed E-state index contributed by atoms with van der Waals surface area (Å²) in [6, 6.07) is 18.7. The average molecular weight is 323 g/mol. The number of fused-ring (bicyclic) bond motifs is 1. The normalized spacial score (nSPS) is 10.4. The summed E-state index contributed by atoms with van der Waals surface area (Å²) in [6.45, 7) is -0.486. The van der Waals surface area contributed by atoms with Crippen LogP contribution in [-0.2, 0) is 9.53 Å². The van der Waals surface area contributed by atoms with Crippen LogP contribution in [0, 0.1) is 5.82 Å². The Bertz CT molecular complexity index is 908. The first-order valence-corrected chi connectivity index (χ1v) is 7.34. The molecule has 0 aliphatic heterocycles. The van der Waals surface area contributed by atoms with E-state index in [0.29, 0.717) is 5.69 Å². The largest absolute Gasteiger partial charge is 0.452 e. The Hall–Kier alpha value is -3.21. The molecule has 0 saturated carbocycles. The second-order valence-electron chi connectivity index (χ2n) is 5.17. The SMILES string of the molecule is O=C(COC(=O)c1ccccc1F)Nc1ccc2ccccc2c1. The molecule has 3 aromatic carbocycles. The van der Waals surface area contributed by atoms with E-state index in [1.165, 1.54) is 18.2 Å². The molecule has 5 heteroatoms. The summed E-state index contributed by atoms with van der Waals surface area (Å²) in [5, 5.41) is 4.69. The fourth-order valence-corrected chi connectivity index (χ4v) is 2.30. The summed E-state index contributed by atoms with van der Waals surface area (Å²) < 4.78 is 18.3. The summed E-state index contributed by atoms with van der Waals surface area (Å²) in [6.07, 6.45) is 0. The zero-order valence-corrected chi connectivity index (χ0v) is 12.7. The van der Waals surface area contributed by atoms with Crippen LogP contribution in [0.25, 0.3) is 10.8 Å². The lowest BCUT2D eigenvalue weighted by molar-refractivity contribution is -0.119. The first-order valence-electron chi connectivity index (χ1n) is 7.34. The Labute approximate surface area is 137 Å². The van der Waals surface area contributed by atoms with E-state index in [2.05, 4.69) is 5.32 Å². The fraction of sp³-hybridized carbons (Fsp3) is 0.0526. The number of amides is 1. The molecule has 3 aromatic rings. The molecule has 0 bridgehead atoms. The maximum atomic E-state index is 13.5. The number of ether oxygens (including phenoxy) is 1. The van der Waals surface area contributed by atoms with Crippen LogP contribution in [0.2, 0.25) is 0 Å². The highest BCUT2D eigenvalue weighted by Crippen LogP contribution is 2.18. The molecule has 0 unspecified atom stereocenters. The van der Waals surface area contributed by atoms with Gasteiger partial charge >= 0.3 is 5.97 Å². The Kier molecular flexibility index (Phi) is 4.52. The van der Waals surface area contributed by atoms with Gasteiger partial charge in [-0.2, -0.15) is 0 Å². The van der Waals surface area contributed by atoms with Gasteiger partial charge in [0.05, 0.1) is 5.56 Å². The van der Waals surface area contributed by atoms with E-state index in [-0.39, 0.29) is 5.56 Å². The molecule has 0 spiro atoms. The van der Waals surface area contributed by atoms with E-state index < -0.39 is 24.3 Å². The van der Waals surface area contributed by atoms with Crippen molar-refractivity contribution in [2.45, 2.75) is 0 Å². The topological polar surface area (TPSA) is 55.4 Å². The van der Waals surface area contributed by atoms with Crippen molar-refractivity contribution in [2.75, 3.05) is 11.9 Å². The molecule has 4 nitrogen and oxygen atoms in total. The number of nitrogens with one attached hydrogen (secondary N) is 1. The van der Waals surface area contributed by atoms with E-state index in [0.717, 1.165) is 16.8 Å². The van der Waals surface area contributed by atoms with Gasteiger partial charge in [0.2, 0.25) is 0 Å². The zero-order chi connectivity index (χ0) is 16.9. The number of rotatable bonds is 4. The highest BCUT2D eigenvalue weighted by molar-refractivity contribution is 5.97. The standard InChI is InChI=1S/C19H14FNO3/c20-17-8-4-3-7-16(17)19(23)24-12-18(22)21-15-10-9-13-5-1-2-6-14(13)11-15/h1-11H,12H2,(H,21,22). The van der Waals surface area contributed by atoms with Gasteiger partial charge in [0.1, 0.15) is 5.82 Å². The van der Waals surface area contributed by atoms with Crippen molar-refractivity contribution in [1.82, 2.24) is 0 Å². The van der Waals surface area contributed by atoms with Crippen molar-refractivity contribution < 1.29 is 18.7 Å². The molecule has 24 heavy (non-hydrogen) atoms. The molecule has 0 heterocycles. The van der Waals surface area contributed by atoms with Crippen molar-refractivity contribution >= 4 is 28.3 Å². The molecule has 0 saturated heterocycles. The second kappa shape index (κ2) is 6.91. The van der Waals surface area contributed by atoms with Gasteiger partial charge in [-0.05, 0) is 35.0 Å². The third kappa shape index (κ3) is 3.57. The van der Waals surface area contributed by atoms with Crippen molar-refractivity contribution in [2.24, 2.45) is 0 Å². The minimum atomic E-state index is -0.873. The maximum Gasteiger partial charge on any atom is 0.341 e. The van der Waals surface area contributed by atoms with E-state index in [4.69, 9.17) is 4.74 Å². The van der Waals surface area contributed by atoms with Gasteiger partial charge in [-0.25, -0.2) is 9.18 Å². The van der Waals surface area contributed by atoms with Crippen LogP contribution >= 0.6 is 0 Å². The lowest BCUT2D eigenvalue weighted by Gasteiger charge is -2.08. The maximum absolute atomic E-state index is 13.5. The van der Waals surface area contributed by atoms with Crippen LogP contribution < -0.4 is 5.32 Å². The Morgan fingerprint density at radius 2 is 1.62 bits per heavy atom. The average Bonchev–Trinajstić information content (AvgIpc) is 2.60. The third-order valence-electron chi connectivity index (χ3n) is 3.46. The summed E-state index contributed by atoms with van der Waals surface area (Å²) in [4.78, 5) is 23.6. The van der Waals surface area contributed by atoms with E-state index >= 15 is 0 Å². The summed E-state index contributed by atoms with van der Waals surface area (Å²) in [7, 11) is 0. The minimum Gasteiger partial charge on any atom is -0.452 e. The second-order valence-corrected chi connectivity index (χ2v) is 5.17. The van der Waals surface area contributed by atoms with Gasteiger partial charge in [0, 0.05) is 5.69 Å². The monoisotopic (exact) mass is 323 g/mol. The number of carbonyl (C=O) groups excluding carboxylic acids is 2. The first kappa shape index (κ1) is 15.7. The van der Waals surface area contributed by atoms with Gasteiger partial charge in [-0.15, -0.1) is 0 Å². The predicted octanol–water partition coefficient (Wildman–Crippen LogP) is 3.77. The van der Waals surface area contributed by atoms with Crippen LogP contribution in [0.4, 0.5) is 10.1 Å². The molecule has 0 fully saturated rings. The lowest BCUT2D eigenvalue weighted by Crippen LogP contribution is -2.21. The number of halogens is 1. The van der Waals surface area contributed by atoms with Gasteiger partial charge in [0.25, 0.3) is 5.91 Å². The van der Waals surface area contributed by atoms with Crippen molar-refractivity contribution in [3.8, 4) is 0 Å². The summed E-state index contributed by atoms with van der Waals surface area (Å²) in [5.41, 5.74) is 0.400. The molecular weight excluding hydrogens is 309 g/mol. The smallest absolute Gasteiger partial charge is 0.341 e. The quantitative estimate of drug-likeness (QED) is 0.744. The number of hydrogen-bond donors (Lipinski definition) is 1. The van der Waals surface area contributed by atoms with Crippen molar-refractivity contribution in [3.63, 3.8) is 0 Å². The van der Waals surface area contributed by atoms with Gasteiger partial charge in [0.15, 0.2) is 6.61 Å². The highest BCUT2D eigenvalue weighted by atomic mass is 19.1. The van der Waals surface area contributed by atoms with E-state index in [9.17, 15) is 14.0 Å². The number of anilines is 1. The van der Waals surface area contributed by atoms with Crippen LogP contribution in [0.3, 0.4) is 0 Å². The molecule has 1 amide bonds. The summed E-state index contributed by atoms with van der Waals surface area (Å²) >= 11 is 0. The molecule has 0 aromatic heterocycles. The Morgan fingerprint density at radius 1 is 0.917 bits per heavy atom. The molecule has 1 N–H and O–H groups in total. The molecule has 3 rings (SSSR count). The lowest BCUT2D eigenvalue weighted by atomic mass is 10.1. The Morgan fingerprint density at radius 3 is 2.42 bits per heavy atom. The molecule has 0 aliphatic carbocycles. The van der Waals surface area contributed by atoms with Crippen LogP contribution in [0.1, 0.15) is 10.4 Å². The van der Waals surface area contributed by atoms with Gasteiger partial charge in [-0.1, -0.05) is 42.5 Å². The Balaban J connectivity index is 1.61. The van der Waals surface area contributed by atoms with Crippen LogP contribution in [0.5, 0.6) is 0 Å². The fourth-order valence-electron chi connectivity index (χ4n) is 2.30. The molecule has 0 aliphatic rings. The van der Waals surface area contributed by atoms with Crippen molar-refractivity contribution in [1.29, 1.82) is 0 Å². The molecular formula is C19H14FNO3. The molecule has 120 valence electrons. The van der Waals surface area contributed by atoms with E-state index in [1.807, 2.05) is 36.4 Å². The first-order chi connectivity index (χ1) is 11.6. The predicted molar refractivity (Wildman–Crippen MR) is 89.3 cm³/mol. The van der Waals surface area contributed by atoms with Crippen molar-refractivity contribution in [3.05, 3.63) is 78.1 Å².